The maximum Gasteiger partial charge on any atom is 0.198 e. The van der Waals surface area contributed by atoms with Crippen molar-refractivity contribution in [2.45, 2.75) is 0 Å². The molecule has 0 radical (unpaired) electrons. The van der Waals surface area contributed by atoms with Crippen LogP contribution in [0.2, 0.25) is 0 Å². The lowest BCUT2D eigenvalue weighted by molar-refractivity contribution is 0.410. The van der Waals surface area contributed by atoms with E-state index in [4.69, 9.17) is 4.74 Å². The maximum atomic E-state index is 13.5. The van der Waals surface area contributed by atoms with Gasteiger partial charge in [-0.15, -0.1) is 0 Å². The molecule has 3 nitrogen and oxygen atoms in total. The number of hydrogen-bond donors (Lipinski definition) is 1. The molecule has 0 aliphatic heterocycles. The van der Waals surface area contributed by atoms with Crippen LogP contribution in [0.15, 0.2) is 42.7 Å². The third-order valence-electron chi connectivity index (χ3n) is 2.55. The molecule has 0 saturated heterocycles. The molecule has 90 valence electrons. The van der Waals surface area contributed by atoms with Crippen LogP contribution in [-0.2, 0) is 0 Å². The summed E-state index contributed by atoms with van der Waals surface area (Å²) in [4.78, 5) is 6.96. The maximum absolute atomic E-state index is 13.5. The van der Waals surface area contributed by atoms with E-state index >= 15 is 0 Å². The fraction of sp³-hybridized carbons (Fsp3) is 0. The van der Waals surface area contributed by atoms with Gasteiger partial charge in [0.25, 0.3) is 0 Å². The number of rotatable bonds is 2. The van der Waals surface area contributed by atoms with Crippen molar-refractivity contribution in [3.8, 4) is 11.5 Å². The van der Waals surface area contributed by atoms with Gasteiger partial charge >= 0.3 is 0 Å². The number of fused-ring (bicyclic) bond motifs is 1. The number of hydrogen-bond acceptors (Lipinski definition) is 2. The monoisotopic (exact) mass is 246 g/mol. The second-order valence-corrected chi connectivity index (χ2v) is 3.70. The van der Waals surface area contributed by atoms with E-state index in [2.05, 4.69) is 9.97 Å². The molecular weight excluding hydrogens is 238 g/mol. The van der Waals surface area contributed by atoms with Gasteiger partial charge in [0.15, 0.2) is 17.4 Å². The Kier molecular flexibility index (Phi) is 2.44. The van der Waals surface area contributed by atoms with Crippen molar-refractivity contribution >= 4 is 11.0 Å². The summed E-state index contributed by atoms with van der Waals surface area (Å²) in [5.74, 6) is -1.54. The number of nitrogens with zero attached hydrogens (tertiary/aromatic N) is 1. The zero-order valence-electron chi connectivity index (χ0n) is 9.15. The molecule has 1 N–H and O–H groups in total. The Labute approximate surface area is 101 Å². The first-order valence-electron chi connectivity index (χ1n) is 5.29. The topological polar surface area (TPSA) is 37.9 Å². The molecule has 3 aromatic rings. The third kappa shape index (κ3) is 1.69. The Morgan fingerprint density at radius 3 is 2.61 bits per heavy atom. The van der Waals surface area contributed by atoms with E-state index in [1.165, 1.54) is 12.3 Å². The number of aromatic nitrogens is 2. The van der Waals surface area contributed by atoms with Crippen molar-refractivity contribution < 1.29 is 13.5 Å². The molecule has 0 atom stereocenters. The van der Waals surface area contributed by atoms with Crippen LogP contribution in [0.25, 0.3) is 11.0 Å². The normalized spacial score (nSPS) is 10.8. The minimum atomic E-state index is -0.740. The number of para-hydroxylation sites is 1. The molecule has 0 fully saturated rings. The van der Waals surface area contributed by atoms with Gasteiger partial charge in [0.1, 0.15) is 11.4 Å². The second-order valence-electron chi connectivity index (χ2n) is 3.70. The van der Waals surface area contributed by atoms with E-state index in [1.807, 2.05) is 0 Å². The average Bonchev–Trinajstić information content (AvgIpc) is 2.83. The van der Waals surface area contributed by atoms with E-state index in [0.717, 1.165) is 12.1 Å². The molecule has 0 bridgehead atoms. The fourth-order valence-electron chi connectivity index (χ4n) is 1.71. The lowest BCUT2D eigenvalue weighted by Gasteiger charge is -2.08. The van der Waals surface area contributed by atoms with Crippen LogP contribution in [0.5, 0.6) is 11.5 Å². The number of H-pyrrole nitrogens is 1. The molecule has 2 heterocycles. The molecule has 1 aromatic carbocycles. The predicted molar refractivity (Wildman–Crippen MR) is 62.5 cm³/mol. The molecule has 0 aliphatic rings. The number of ether oxygens (including phenoxy) is 1. The average molecular weight is 246 g/mol. The number of aromatic amines is 1. The van der Waals surface area contributed by atoms with Gasteiger partial charge in [-0.1, -0.05) is 6.07 Å². The quantitative estimate of drug-likeness (QED) is 0.749. The van der Waals surface area contributed by atoms with E-state index < -0.39 is 17.4 Å². The van der Waals surface area contributed by atoms with Crippen molar-refractivity contribution in [3.63, 3.8) is 0 Å². The van der Waals surface area contributed by atoms with Crippen LogP contribution in [0.1, 0.15) is 0 Å². The highest BCUT2D eigenvalue weighted by Gasteiger charge is 2.12. The molecule has 0 saturated carbocycles. The van der Waals surface area contributed by atoms with Crippen LogP contribution in [0, 0.1) is 11.6 Å². The van der Waals surface area contributed by atoms with Gasteiger partial charge in [-0.25, -0.2) is 13.8 Å². The molecule has 0 amide bonds. The molecule has 5 heteroatoms. The third-order valence-corrected chi connectivity index (χ3v) is 2.55. The molecule has 0 unspecified atom stereocenters. The molecule has 0 spiro atoms. The number of benzene rings is 1. The Hall–Kier alpha value is -2.43. The Morgan fingerprint density at radius 1 is 1.06 bits per heavy atom. The predicted octanol–water partition coefficient (Wildman–Crippen LogP) is 3.63. The number of halogens is 2. The van der Waals surface area contributed by atoms with Crippen LogP contribution < -0.4 is 4.74 Å². The summed E-state index contributed by atoms with van der Waals surface area (Å²) in [7, 11) is 0. The summed E-state index contributed by atoms with van der Waals surface area (Å²) in [6, 6.07) is 6.87. The molecule has 18 heavy (non-hydrogen) atoms. The lowest BCUT2D eigenvalue weighted by Crippen LogP contribution is -1.93. The largest absolute Gasteiger partial charge is 0.450 e. The number of nitrogens with one attached hydrogen (secondary N) is 1. The summed E-state index contributed by atoms with van der Waals surface area (Å²) < 4.78 is 32.2. The van der Waals surface area contributed by atoms with Crippen LogP contribution in [-0.4, -0.2) is 9.97 Å². The highest BCUT2D eigenvalue weighted by molar-refractivity contribution is 5.82. The first-order valence-corrected chi connectivity index (χ1v) is 5.29. The summed E-state index contributed by atoms with van der Waals surface area (Å²) in [6.45, 7) is 0. The molecule has 0 aliphatic carbocycles. The van der Waals surface area contributed by atoms with E-state index in [-0.39, 0.29) is 0 Å². The second kappa shape index (κ2) is 4.10. The van der Waals surface area contributed by atoms with Crippen molar-refractivity contribution in [1.29, 1.82) is 0 Å². The van der Waals surface area contributed by atoms with Crippen molar-refractivity contribution in [2.24, 2.45) is 0 Å². The van der Waals surface area contributed by atoms with Crippen molar-refractivity contribution in [3.05, 3.63) is 54.4 Å². The minimum absolute atomic E-state index is 0.352. The van der Waals surface area contributed by atoms with Gasteiger partial charge in [0, 0.05) is 12.4 Å². The SMILES string of the molecule is Fc1cccc(F)c1Oc1ccnc2[nH]ccc12. The van der Waals surface area contributed by atoms with E-state index in [1.54, 1.807) is 18.3 Å². The Balaban J connectivity index is 2.09. The zero-order chi connectivity index (χ0) is 12.5. The standard InChI is InChI=1S/C13H8F2N2O/c14-9-2-1-3-10(15)12(9)18-11-5-7-17-13-8(11)4-6-16-13/h1-7H,(H,16,17). The summed E-state index contributed by atoms with van der Waals surface area (Å²) in [5, 5.41) is 0.667. The van der Waals surface area contributed by atoms with Gasteiger partial charge in [-0.3, -0.25) is 0 Å². The Morgan fingerprint density at radius 2 is 1.83 bits per heavy atom. The molecule has 2 aromatic heterocycles. The molecule has 3 rings (SSSR count). The summed E-state index contributed by atoms with van der Waals surface area (Å²) in [5.41, 5.74) is 0.601. The fourth-order valence-corrected chi connectivity index (χ4v) is 1.71. The zero-order valence-corrected chi connectivity index (χ0v) is 9.15. The first kappa shape index (κ1) is 10.7. The van der Waals surface area contributed by atoms with Crippen LogP contribution >= 0.6 is 0 Å². The van der Waals surface area contributed by atoms with E-state index in [0.29, 0.717) is 16.8 Å². The van der Waals surface area contributed by atoms with Gasteiger partial charge in [-0.05, 0) is 24.3 Å². The van der Waals surface area contributed by atoms with E-state index in [9.17, 15) is 8.78 Å². The smallest absolute Gasteiger partial charge is 0.198 e. The van der Waals surface area contributed by atoms with Gasteiger partial charge < -0.3 is 9.72 Å². The molecular formula is C13H8F2N2O. The van der Waals surface area contributed by atoms with Gasteiger partial charge in [0.2, 0.25) is 0 Å². The van der Waals surface area contributed by atoms with Gasteiger partial charge in [-0.2, -0.15) is 0 Å². The summed E-state index contributed by atoms with van der Waals surface area (Å²) >= 11 is 0. The summed E-state index contributed by atoms with van der Waals surface area (Å²) in [6.07, 6.45) is 3.19. The van der Waals surface area contributed by atoms with Crippen LogP contribution in [0.4, 0.5) is 8.78 Å². The van der Waals surface area contributed by atoms with Gasteiger partial charge in [0.05, 0.1) is 5.39 Å². The minimum Gasteiger partial charge on any atom is -0.450 e. The lowest BCUT2D eigenvalue weighted by atomic mass is 10.3. The Bertz CT molecular complexity index is 689. The number of pyridine rings is 1. The van der Waals surface area contributed by atoms with Crippen LogP contribution in [0.3, 0.4) is 0 Å². The van der Waals surface area contributed by atoms with Crippen molar-refractivity contribution in [2.75, 3.05) is 0 Å². The highest BCUT2D eigenvalue weighted by Crippen LogP contribution is 2.31. The first-order chi connectivity index (χ1) is 8.75. The van der Waals surface area contributed by atoms with Crippen molar-refractivity contribution in [1.82, 2.24) is 9.97 Å². The highest BCUT2D eigenvalue weighted by atomic mass is 19.1.